The van der Waals surface area contributed by atoms with Crippen molar-refractivity contribution in [2.75, 3.05) is 5.73 Å². The Bertz CT molecular complexity index is 456. The summed E-state index contributed by atoms with van der Waals surface area (Å²) in [7, 11) is 0. The van der Waals surface area contributed by atoms with Crippen molar-refractivity contribution in [1.29, 1.82) is 10.5 Å². The molecule has 0 bridgehead atoms. The van der Waals surface area contributed by atoms with Crippen molar-refractivity contribution in [3.05, 3.63) is 23.0 Å². The lowest BCUT2D eigenvalue weighted by atomic mass is 10.1. The second-order valence-electron chi connectivity index (χ2n) is 2.70. The lowest BCUT2D eigenvalue weighted by Gasteiger charge is -2.06. The molecular weight excluding hydrogens is 202 g/mol. The van der Waals surface area contributed by atoms with Crippen molar-refractivity contribution in [2.24, 2.45) is 0 Å². The number of hydrogen-bond acceptors (Lipinski definition) is 4. The van der Waals surface area contributed by atoms with Gasteiger partial charge in [0.05, 0.1) is 29.4 Å². The summed E-state index contributed by atoms with van der Waals surface area (Å²) in [6, 6.07) is 4.36. The number of aromatic nitrogens is 1. The molecule has 2 N–H and O–H groups in total. The quantitative estimate of drug-likeness (QED) is 0.798. The monoisotopic (exact) mass is 208 g/mol. The Morgan fingerprint density at radius 3 is 2.60 bits per heavy atom. The summed E-state index contributed by atoms with van der Waals surface area (Å²) in [6.45, 7) is 0. The van der Waals surface area contributed by atoms with Gasteiger partial charge in [0.1, 0.15) is 11.8 Å². The molecule has 0 aromatic carbocycles. The van der Waals surface area contributed by atoms with Gasteiger partial charge in [-0.05, 0) is 6.07 Å². The molecular formula is C9H6F2N4. The maximum absolute atomic E-state index is 12.3. The van der Waals surface area contributed by atoms with Crippen LogP contribution in [0.15, 0.2) is 6.07 Å². The lowest BCUT2D eigenvalue weighted by Crippen LogP contribution is -2.04. The molecule has 0 unspecified atom stereocenters. The summed E-state index contributed by atoms with van der Waals surface area (Å²) in [5.74, 6) is 0. The van der Waals surface area contributed by atoms with Crippen LogP contribution in [-0.2, 0) is 6.42 Å². The van der Waals surface area contributed by atoms with Crippen LogP contribution in [-0.4, -0.2) is 4.98 Å². The molecule has 0 saturated carbocycles. The average Bonchev–Trinajstić information content (AvgIpc) is 2.21. The van der Waals surface area contributed by atoms with Crippen molar-refractivity contribution in [1.82, 2.24) is 4.98 Å². The summed E-state index contributed by atoms with van der Waals surface area (Å²) < 4.78 is 24.7. The zero-order valence-electron chi connectivity index (χ0n) is 7.54. The summed E-state index contributed by atoms with van der Waals surface area (Å²) in [4.78, 5) is 3.52. The Morgan fingerprint density at radius 2 is 2.13 bits per heavy atom. The third-order valence-electron chi connectivity index (χ3n) is 1.75. The SMILES string of the molecule is N#CCc1nc(C(F)F)cc(C#N)c1N. The molecule has 0 spiro atoms. The molecule has 0 atom stereocenters. The van der Waals surface area contributed by atoms with E-state index in [0.717, 1.165) is 6.07 Å². The summed E-state index contributed by atoms with van der Waals surface area (Å²) >= 11 is 0. The van der Waals surface area contributed by atoms with Crippen molar-refractivity contribution in [2.45, 2.75) is 12.8 Å². The van der Waals surface area contributed by atoms with Gasteiger partial charge in [-0.2, -0.15) is 10.5 Å². The first-order valence-corrected chi connectivity index (χ1v) is 3.94. The Hall–Kier alpha value is -2.21. The molecule has 4 nitrogen and oxygen atoms in total. The Balaban J connectivity index is 3.34. The third kappa shape index (κ3) is 2.18. The Morgan fingerprint density at radius 1 is 1.47 bits per heavy atom. The molecule has 0 radical (unpaired) electrons. The summed E-state index contributed by atoms with van der Waals surface area (Å²) in [6.07, 6.45) is -2.98. The van der Waals surface area contributed by atoms with E-state index >= 15 is 0 Å². The first-order valence-electron chi connectivity index (χ1n) is 3.94. The van der Waals surface area contributed by atoms with E-state index in [1.807, 2.05) is 0 Å². The average molecular weight is 208 g/mol. The van der Waals surface area contributed by atoms with E-state index < -0.39 is 12.1 Å². The van der Waals surface area contributed by atoms with Gasteiger partial charge in [-0.15, -0.1) is 0 Å². The van der Waals surface area contributed by atoms with Gasteiger partial charge in [-0.1, -0.05) is 0 Å². The zero-order chi connectivity index (χ0) is 11.4. The number of nitrogen functional groups attached to an aromatic ring is 1. The fourth-order valence-electron chi connectivity index (χ4n) is 1.04. The molecule has 0 amide bonds. The second-order valence-corrected chi connectivity index (χ2v) is 2.70. The Kier molecular flexibility index (Phi) is 3.14. The number of nitriles is 2. The van der Waals surface area contributed by atoms with Crippen molar-refractivity contribution >= 4 is 5.69 Å². The number of halogens is 2. The zero-order valence-corrected chi connectivity index (χ0v) is 7.54. The Labute approximate surface area is 84.6 Å². The number of pyridine rings is 1. The highest BCUT2D eigenvalue weighted by atomic mass is 19.3. The minimum absolute atomic E-state index is 0.0107. The number of nitrogens with two attached hydrogens (primary N) is 1. The van der Waals surface area contributed by atoms with Crippen molar-refractivity contribution in [3.8, 4) is 12.1 Å². The van der Waals surface area contributed by atoms with Gasteiger partial charge >= 0.3 is 0 Å². The molecule has 1 aromatic rings. The molecule has 1 rings (SSSR count). The van der Waals surface area contributed by atoms with Gasteiger partial charge in [-0.25, -0.2) is 13.8 Å². The molecule has 1 aromatic heterocycles. The van der Waals surface area contributed by atoms with E-state index in [9.17, 15) is 8.78 Å². The smallest absolute Gasteiger partial charge is 0.280 e. The van der Waals surface area contributed by atoms with Gasteiger partial charge in [0.15, 0.2) is 0 Å². The number of anilines is 1. The van der Waals surface area contributed by atoms with Crippen LogP contribution in [0, 0.1) is 22.7 Å². The van der Waals surface area contributed by atoms with Crippen LogP contribution < -0.4 is 5.73 Å². The molecule has 1 heterocycles. The standard InChI is InChI=1S/C9H6F2N4/c10-9(11)7-3-5(4-13)8(14)6(15-7)1-2-12/h3,9H,1,14H2. The van der Waals surface area contributed by atoms with Crippen molar-refractivity contribution < 1.29 is 8.78 Å². The van der Waals surface area contributed by atoms with Crippen molar-refractivity contribution in [3.63, 3.8) is 0 Å². The van der Waals surface area contributed by atoms with Gasteiger partial charge < -0.3 is 5.73 Å². The molecule has 0 aliphatic heterocycles. The van der Waals surface area contributed by atoms with Gasteiger partial charge in [0, 0.05) is 0 Å². The first-order chi connectivity index (χ1) is 7.10. The van der Waals surface area contributed by atoms with Crippen LogP contribution >= 0.6 is 0 Å². The number of nitrogens with zero attached hydrogens (tertiary/aromatic N) is 3. The molecule has 0 saturated heterocycles. The normalized spacial score (nSPS) is 9.67. The molecule has 15 heavy (non-hydrogen) atoms. The van der Waals surface area contributed by atoms with Crippen LogP contribution in [0.25, 0.3) is 0 Å². The second kappa shape index (κ2) is 4.34. The molecule has 0 aliphatic carbocycles. The van der Waals surface area contributed by atoms with E-state index in [2.05, 4.69) is 4.98 Å². The van der Waals surface area contributed by atoms with E-state index in [1.165, 1.54) is 0 Å². The van der Waals surface area contributed by atoms with Crippen LogP contribution in [0.5, 0.6) is 0 Å². The lowest BCUT2D eigenvalue weighted by molar-refractivity contribution is 0.146. The summed E-state index contributed by atoms with van der Waals surface area (Å²) in [5, 5.41) is 17.1. The van der Waals surface area contributed by atoms with Crippen LogP contribution in [0.1, 0.15) is 23.4 Å². The fourth-order valence-corrected chi connectivity index (χ4v) is 1.04. The van der Waals surface area contributed by atoms with Gasteiger partial charge in [0.2, 0.25) is 0 Å². The highest BCUT2D eigenvalue weighted by molar-refractivity contribution is 5.58. The maximum atomic E-state index is 12.3. The summed E-state index contributed by atoms with van der Waals surface area (Å²) in [5.41, 5.74) is 4.86. The minimum atomic E-state index is -2.78. The molecule has 6 heteroatoms. The minimum Gasteiger partial charge on any atom is -0.396 e. The van der Waals surface area contributed by atoms with E-state index in [1.54, 1.807) is 12.1 Å². The topological polar surface area (TPSA) is 86.5 Å². The van der Waals surface area contributed by atoms with Crippen LogP contribution in [0.4, 0.5) is 14.5 Å². The molecule has 0 aliphatic rings. The van der Waals surface area contributed by atoms with E-state index in [0.29, 0.717) is 0 Å². The largest absolute Gasteiger partial charge is 0.396 e. The fraction of sp³-hybridized carbons (Fsp3) is 0.222. The highest BCUT2D eigenvalue weighted by Crippen LogP contribution is 2.23. The number of hydrogen-bond donors (Lipinski definition) is 1. The van der Waals surface area contributed by atoms with Crippen LogP contribution in [0.3, 0.4) is 0 Å². The molecule has 0 fully saturated rings. The predicted molar refractivity (Wildman–Crippen MR) is 47.6 cm³/mol. The molecule has 76 valence electrons. The third-order valence-corrected chi connectivity index (χ3v) is 1.75. The number of alkyl halides is 2. The van der Waals surface area contributed by atoms with Crippen LogP contribution in [0.2, 0.25) is 0 Å². The predicted octanol–water partition coefficient (Wildman–Crippen LogP) is 1.54. The first kappa shape index (κ1) is 10.9. The van der Waals surface area contributed by atoms with Gasteiger partial charge in [0.25, 0.3) is 6.43 Å². The van der Waals surface area contributed by atoms with E-state index in [4.69, 9.17) is 16.3 Å². The maximum Gasteiger partial charge on any atom is 0.280 e. The number of rotatable bonds is 2. The van der Waals surface area contributed by atoms with Gasteiger partial charge in [-0.3, -0.25) is 0 Å². The van der Waals surface area contributed by atoms with E-state index in [-0.39, 0.29) is 23.4 Å². The highest BCUT2D eigenvalue weighted by Gasteiger charge is 2.15.